The van der Waals surface area contributed by atoms with Gasteiger partial charge in [-0.25, -0.2) is 0 Å². The van der Waals surface area contributed by atoms with Crippen molar-refractivity contribution in [3.63, 3.8) is 0 Å². The molecule has 1 rings (SSSR count). The van der Waals surface area contributed by atoms with Crippen molar-refractivity contribution in [1.82, 2.24) is 0 Å². The summed E-state index contributed by atoms with van der Waals surface area (Å²) in [6.07, 6.45) is 8.58. The number of ether oxygens (including phenoxy) is 2. The Morgan fingerprint density at radius 2 is 2.05 bits per heavy atom. The molecular formula is C19H28O3. The van der Waals surface area contributed by atoms with Crippen LogP contribution >= 0.6 is 0 Å². The van der Waals surface area contributed by atoms with Gasteiger partial charge < -0.3 is 14.6 Å². The molecule has 0 aliphatic heterocycles. The van der Waals surface area contributed by atoms with E-state index in [-0.39, 0.29) is 19.0 Å². The van der Waals surface area contributed by atoms with Crippen LogP contribution < -0.4 is 0 Å². The molecule has 0 amide bonds. The second-order valence-corrected chi connectivity index (χ2v) is 5.29. The molecule has 0 bridgehead atoms. The number of aliphatic hydroxyl groups is 1. The Morgan fingerprint density at radius 1 is 1.27 bits per heavy atom. The lowest BCUT2D eigenvalue weighted by Gasteiger charge is -2.18. The van der Waals surface area contributed by atoms with Crippen LogP contribution in [-0.2, 0) is 16.1 Å². The third kappa shape index (κ3) is 8.78. The smallest absolute Gasteiger partial charge is 0.147 e. The minimum Gasteiger partial charge on any atom is -0.393 e. The number of benzene rings is 1. The first kappa shape index (κ1) is 18.6. The fraction of sp³-hybridized carbons (Fsp3) is 0.474. The summed E-state index contributed by atoms with van der Waals surface area (Å²) < 4.78 is 11.2. The highest BCUT2D eigenvalue weighted by Crippen LogP contribution is 2.11. The molecule has 0 saturated heterocycles. The SMILES string of the molecule is C=CCCC[C@@H](O)C[C@H](/C=C/C)OCOCc1ccccc1. The van der Waals surface area contributed by atoms with Gasteiger partial charge in [0.25, 0.3) is 0 Å². The van der Waals surface area contributed by atoms with Gasteiger partial charge in [0, 0.05) is 6.42 Å². The number of hydrogen-bond donors (Lipinski definition) is 1. The quantitative estimate of drug-likeness (QED) is 0.357. The van der Waals surface area contributed by atoms with Crippen LogP contribution in [0.3, 0.4) is 0 Å². The summed E-state index contributed by atoms with van der Waals surface area (Å²) in [5.41, 5.74) is 1.12. The Labute approximate surface area is 134 Å². The molecule has 122 valence electrons. The summed E-state index contributed by atoms with van der Waals surface area (Å²) in [5.74, 6) is 0. The van der Waals surface area contributed by atoms with E-state index in [1.165, 1.54) is 0 Å². The van der Waals surface area contributed by atoms with Crippen LogP contribution in [0.4, 0.5) is 0 Å². The molecule has 0 radical (unpaired) electrons. The van der Waals surface area contributed by atoms with Crippen molar-refractivity contribution < 1.29 is 14.6 Å². The van der Waals surface area contributed by atoms with Gasteiger partial charge in [0.15, 0.2) is 0 Å². The predicted octanol–water partition coefficient (Wildman–Crippen LogP) is 4.23. The Balaban J connectivity index is 2.24. The number of unbranched alkanes of at least 4 members (excludes halogenated alkanes) is 1. The largest absolute Gasteiger partial charge is 0.393 e. The molecule has 0 spiro atoms. The minimum absolute atomic E-state index is 0.112. The van der Waals surface area contributed by atoms with E-state index in [4.69, 9.17) is 9.47 Å². The van der Waals surface area contributed by atoms with Gasteiger partial charge in [-0.3, -0.25) is 0 Å². The Bertz CT molecular complexity index is 414. The summed E-state index contributed by atoms with van der Waals surface area (Å²) in [6, 6.07) is 10.00. The minimum atomic E-state index is -0.352. The molecule has 0 aliphatic rings. The standard InChI is InChI=1S/C19H28O3/c1-3-5-7-13-18(20)14-19(10-4-2)22-16-21-15-17-11-8-6-9-12-17/h3-4,6,8-12,18-20H,1,5,7,13-16H2,2H3/b10-4+/t18-,19+/m1/s1. The zero-order valence-corrected chi connectivity index (χ0v) is 13.5. The van der Waals surface area contributed by atoms with Crippen molar-refractivity contribution in [3.8, 4) is 0 Å². The maximum atomic E-state index is 10.0. The van der Waals surface area contributed by atoms with Crippen molar-refractivity contribution >= 4 is 0 Å². The number of hydrogen-bond acceptors (Lipinski definition) is 3. The molecule has 2 atom stereocenters. The number of rotatable bonds is 12. The summed E-state index contributed by atoms with van der Waals surface area (Å²) in [5, 5.41) is 10.0. The molecule has 3 heteroatoms. The molecule has 22 heavy (non-hydrogen) atoms. The van der Waals surface area contributed by atoms with Crippen LogP contribution in [0, 0.1) is 0 Å². The normalized spacial score (nSPS) is 14.1. The highest BCUT2D eigenvalue weighted by Gasteiger charge is 2.12. The van der Waals surface area contributed by atoms with Crippen LogP contribution in [-0.4, -0.2) is 24.1 Å². The Morgan fingerprint density at radius 3 is 2.73 bits per heavy atom. The van der Waals surface area contributed by atoms with Crippen LogP contribution in [0.5, 0.6) is 0 Å². The number of aliphatic hydroxyl groups excluding tert-OH is 1. The van der Waals surface area contributed by atoms with Crippen LogP contribution in [0.1, 0.15) is 38.2 Å². The van der Waals surface area contributed by atoms with Gasteiger partial charge in [-0.2, -0.15) is 0 Å². The van der Waals surface area contributed by atoms with E-state index in [0.717, 1.165) is 24.8 Å². The number of allylic oxidation sites excluding steroid dienone is 2. The van der Waals surface area contributed by atoms with Crippen molar-refractivity contribution in [2.24, 2.45) is 0 Å². The van der Waals surface area contributed by atoms with E-state index >= 15 is 0 Å². The lowest BCUT2D eigenvalue weighted by atomic mass is 10.1. The van der Waals surface area contributed by atoms with E-state index in [1.807, 2.05) is 55.5 Å². The monoisotopic (exact) mass is 304 g/mol. The van der Waals surface area contributed by atoms with Crippen molar-refractivity contribution in [2.45, 2.75) is 51.4 Å². The van der Waals surface area contributed by atoms with E-state index in [9.17, 15) is 5.11 Å². The van der Waals surface area contributed by atoms with Crippen LogP contribution in [0.25, 0.3) is 0 Å². The maximum Gasteiger partial charge on any atom is 0.147 e. The molecule has 0 heterocycles. The topological polar surface area (TPSA) is 38.7 Å². The fourth-order valence-corrected chi connectivity index (χ4v) is 2.17. The third-order valence-corrected chi connectivity index (χ3v) is 3.33. The third-order valence-electron chi connectivity index (χ3n) is 3.33. The highest BCUT2D eigenvalue weighted by molar-refractivity contribution is 5.13. The Kier molecular flexibility index (Phi) is 10.3. The van der Waals surface area contributed by atoms with Gasteiger partial charge in [-0.1, -0.05) is 48.6 Å². The second-order valence-electron chi connectivity index (χ2n) is 5.29. The average molecular weight is 304 g/mol. The first-order valence-electron chi connectivity index (χ1n) is 7.91. The summed E-state index contributed by atoms with van der Waals surface area (Å²) in [7, 11) is 0. The van der Waals surface area contributed by atoms with E-state index in [2.05, 4.69) is 6.58 Å². The zero-order chi connectivity index (χ0) is 16.0. The van der Waals surface area contributed by atoms with Gasteiger partial charge in [0.1, 0.15) is 6.79 Å². The average Bonchev–Trinajstić information content (AvgIpc) is 2.53. The van der Waals surface area contributed by atoms with Crippen molar-refractivity contribution in [2.75, 3.05) is 6.79 Å². The molecule has 1 aromatic carbocycles. The van der Waals surface area contributed by atoms with Crippen LogP contribution in [0.15, 0.2) is 55.1 Å². The second kappa shape index (κ2) is 12.2. The molecule has 1 aromatic rings. The molecule has 0 aromatic heterocycles. The fourth-order valence-electron chi connectivity index (χ4n) is 2.17. The van der Waals surface area contributed by atoms with Crippen molar-refractivity contribution in [3.05, 3.63) is 60.7 Å². The van der Waals surface area contributed by atoms with Gasteiger partial charge in [-0.05, 0) is 31.7 Å². The summed E-state index contributed by atoms with van der Waals surface area (Å²) in [6.45, 7) is 6.40. The Hall–Kier alpha value is -1.42. The highest BCUT2D eigenvalue weighted by atomic mass is 16.7. The van der Waals surface area contributed by atoms with E-state index < -0.39 is 0 Å². The van der Waals surface area contributed by atoms with E-state index in [1.54, 1.807) is 0 Å². The molecule has 1 N–H and O–H groups in total. The van der Waals surface area contributed by atoms with Gasteiger partial charge >= 0.3 is 0 Å². The van der Waals surface area contributed by atoms with Crippen LogP contribution in [0.2, 0.25) is 0 Å². The summed E-state index contributed by atoms with van der Waals surface area (Å²) >= 11 is 0. The predicted molar refractivity (Wildman–Crippen MR) is 90.5 cm³/mol. The first-order chi connectivity index (χ1) is 10.8. The first-order valence-corrected chi connectivity index (χ1v) is 7.91. The maximum absolute atomic E-state index is 10.0. The molecule has 0 unspecified atom stereocenters. The summed E-state index contributed by atoms with van der Waals surface area (Å²) in [4.78, 5) is 0. The molecule has 0 saturated carbocycles. The van der Waals surface area contributed by atoms with Gasteiger partial charge in [-0.15, -0.1) is 6.58 Å². The lowest BCUT2D eigenvalue weighted by molar-refractivity contribution is -0.0915. The van der Waals surface area contributed by atoms with Gasteiger partial charge in [0.2, 0.25) is 0 Å². The molecule has 3 nitrogen and oxygen atoms in total. The van der Waals surface area contributed by atoms with Crippen molar-refractivity contribution in [1.29, 1.82) is 0 Å². The lowest BCUT2D eigenvalue weighted by Crippen LogP contribution is -2.20. The van der Waals surface area contributed by atoms with Gasteiger partial charge in [0.05, 0.1) is 18.8 Å². The molecular weight excluding hydrogens is 276 g/mol. The molecule has 0 fully saturated rings. The van der Waals surface area contributed by atoms with E-state index in [0.29, 0.717) is 13.0 Å². The zero-order valence-electron chi connectivity index (χ0n) is 13.5. The molecule has 0 aliphatic carbocycles.